The predicted molar refractivity (Wildman–Crippen MR) is 82.4 cm³/mol. The van der Waals surface area contributed by atoms with Gasteiger partial charge in [0.15, 0.2) is 5.82 Å². The number of nitrogens with zero attached hydrogens (tertiary/aromatic N) is 2. The zero-order chi connectivity index (χ0) is 14.8. The maximum Gasteiger partial charge on any atom is 0.255 e. The molecule has 0 aromatic carbocycles. The summed E-state index contributed by atoms with van der Waals surface area (Å²) >= 11 is 4.78. The van der Waals surface area contributed by atoms with E-state index in [2.05, 4.69) is 36.6 Å². The van der Waals surface area contributed by atoms with Gasteiger partial charge in [-0.2, -0.15) is 0 Å². The van der Waals surface area contributed by atoms with Crippen LogP contribution in [-0.4, -0.2) is 15.9 Å². The van der Waals surface area contributed by atoms with E-state index in [1.165, 1.54) is 11.3 Å². The van der Waals surface area contributed by atoms with E-state index in [0.29, 0.717) is 15.9 Å². The SMILES string of the molecule is CC(C)(NC(=O)c1cc(Br)cnc1NN)c1nccs1. The lowest BCUT2D eigenvalue weighted by Gasteiger charge is -2.24. The molecular formula is C12H14BrN5OS. The number of aromatic nitrogens is 2. The first kappa shape index (κ1) is 14.9. The summed E-state index contributed by atoms with van der Waals surface area (Å²) in [7, 11) is 0. The standard InChI is InChI=1S/C12H14BrN5OS/c1-12(2,11-15-3-4-20-11)17-10(19)8-5-7(13)6-16-9(8)18-14/h3-6H,14H2,1-2H3,(H,16,18)(H,17,19). The van der Waals surface area contributed by atoms with E-state index in [1.54, 1.807) is 18.5 Å². The van der Waals surface area contributed by atoms with E-state index in [0.717, 1.165) is 5.01 Å². The zero-order valence-corrected chi connectivity index (χ0v) is 13.4. The molecule has 0 fully saturated rings. The van der Waals surface area contributed by atoms with Gasteiger partial charge in [-0.05, 0) is 35.8 Å². The van der Waals surface area contributed by atoms with Crippen LogP contribution in [0.3, 0.4) is 0 Å². The number of hydrazine groups is 1. The summed E-state index contributed by atoms with van der Waals surface area (Å²) in [5, 5.41) is 5.63. The molecule has 106 valence electrons. The Labute approximate surface area is 128 Å². The third-order valence-corrected chi connectivity index (χ3v) is 4.16. The molecule has 0 aliphatic carbocycles. The maximum atomic E-state index is 12.4. The summed E-state index contributed by atoms with van der Waals surface area (Å²) in [5.41, 5.74) is 2.22. The van der Waals surface area contributed by atoms with Gasteiger partial charge >= 0.3 is 0 Å². The molecule has 0 spiro atoms. The number of nitrogen functional groups attached to an aromatic ring is 1. The van der Waals surface area contributed by atoms with Crippen molar-refractivity contribution in [3.8, 4) is 0 Å². The van der Waals surface area contributed by atoms with Crippen LogP contribution in [0.25, 0.3) is 0 Å². The summed E-state index contributed by atoms with van der Waals surface area (Å²) in [6, 6.07) is 1.66. The average Bonchev–Trinajstić information content (AvgIpc) is 2.92. The molecule has 1 amide bonds. The minimum atomic E-state index is -0.570. The number of nitrogens with two attached hydrogens (primary N) is 1. The molecule has 2 aromatic rings. The van der Waals surface area contributed by atoms with Crippen LogP contribution < -0.4 is 16.6 Å². The lowest BCUT2D eigenvalue weighted by Crippen LogP contribution is -2.41. The van der Waals surface area contributed by atoms with E-state index in [9.17, 15) is 4.79 Å². The van der Waals surface area contributed by atoms with E-state index in [1.807, 2.05) is 19.2 Å². The topological polar surface area (TPSA) is 92.9 Å². The number of nitrogens with one attached hydrogen (secondary N) is 2. The highest BCUT2D eigenvalue weighted by Crippen LogP contribution is 2.24. The predicted octanol–water partition coefficient (Wildman–Crippen LogP) is 2.25. The molecular weight excluding hydrogens is 342 g/mol. The van der Waals surface area contributed by atoms with Crippen LogP contribution in [0, 0.1) is 0 Å². The molecule has 0 saturated carbocycles. The first-order valence-corrected chi connectivity index (χ1v) is 7.46. The smallest absolute Gasteiger partial charge is 0.255 e. The van der Waals surface area contributed by atoms with Gasteiger partial charge in [0.1, 0.15) is 5.01 Å². The molecule has 0 saturated heterocycles. The normalized spacial score (nSPS) is 11.2. The van der Waals surface area contributed by atoms with Crippen molar-refractivity contribution in [2.75, 3.05) is 5.43 Å². The van der Waals surface area contributed by atoms with Crippen LogP contribution in [0.2, 0.25) is 0 Å². The van der Waals surface area contributed by atoms with Crippen LogP contribution in [0.4, 0.5) is 5.82 Å². The lowest BCUT2D eigenvalue weighted by molar-refractivity contribution is 0.0912. The highest BCUT2D eigenvalue weighted by atomic mass is 79.9. The third-order valence-electron chi connectivity index (χ3n) is 2.63. The van der Waals surface area contributed by atoms with E-state index in [-0.39, 0.29) is 5.91 Å². The molecule has 0 aliphatic heterocycles. The summed E-state index contributed by atoms with van der Waals surface area (Å²) in [6.07, 6.45) is 3.28. The number of carbonyl (C=O) groups is 1. The van der Waals surface area contributed by atoms with Gasteiger partial charge < -0.3 is 10.7 Å². The van der Waals surface area contributed by atoms with Crippen LogP contribution in [0.5, 0.6) is 0 Å². The van der Waals surface area contributed by atoms with Gasteiger partial charge in [0.25, 0.3) is 5.91 Å². The number of thiazole rings is 1. The maximum absolute atomic E-state index is 12.4. The van der Waals surface area contributed by atoms with Gasteiger partial charge in [-0.1, -0.05) is 0 Å². The highest BCUT2D eigenvalue weighted by molar-refractivity contribution is 9.10. The van der Waals surface area contributed by atoms with Crippen molar-refractivity contribution in [3.05, 3.63) is 38.9 Å². The van der Waals surface area contributed by atoms with Crippen LogP contribution >= 0.6 is 27.3 Å². The first-order valence-electron chi connectivity index (χ1n) is 5.78. The summed E-state index contributed by atoms with van der Waals surface area (Å²) in [5.74, 6) is 5.43. The molecule has 0 atom stereocenters. The Kier molecular flexibility index (Phi) is 4.36. The van der Waals surface area contributed by atoms with E-state index < -0.39 is 5.54 Å². The minimum absolute atomic E-state index is 0.271. The second kappa shape index (κ2) is 5.86. The first-order chi connectivity index (χ1) is 9.44. The van der Waals surface area contributed by atoms with Crippen molar-refractivity contribution in [2.24, 2.45) is 5.84 Å². The van der Waals surface area contributed by atoms with Crippen molar-refractivity contribution >= 4 is 39.0 Å². The van der Waals surface area contributed by atoms with Gasteiger partial charge in [-0.25, -0.2) is 15.8 Å². The molecule has 8 heteroatoms. The van der Waals surface area contributed by atoms with Gasteiger partial charge in [0.2, 0.25) is 0 Å². The number of carbonyl (C=O) groups excluding carboxylic acids is 1. The second-order valence-electron chi connectivity index (χ2n) is 4.61. The zero-order valence-electron chi connectivity index (χ0n) is 11.0. The van der Waals surface area contributed by atoms with Crippen molar-refractivity contribution in [1.82, 2.24) is 15.3 Å². The average molecular weight is 356 g/mol. The number of amides is 1. The Morgan fingerprint density at radius 1 is 1.45 bits per heavy atom. The van der Waals surface area contributed by atoms with Crippen molar-refractivity contribution < 1.29 is 4.79 Å². The fraction of sp³-hybridized carbons (Fsp3) is 0.250. The van der Waals surface area contributed by atoms with Gasteiger partial charge in [-0.15, -0.1) is 11.3 Å². The molecule has 2 rings (SSSR count). The quantitative estimate of drug-likeness (QED) is 0.577. The molecule has 0 radical (unpaired) electrons. The molecule has 20 heavy (non-hydrogen) atoms. The summed E-state index contributed by atoms with van der Waals surface area (Å²) in [6.45, 7) is 3.79. The number of halogens is 1. The highest BCUT2D eigenvalue weighted by Gasteiger charge is 2.27. The molecule has 4 N–H and O–H groups in total. The summed E-state index contributed by atoms with van der Waals surface area (Å²) < 4.78 is 0.703. The monoisotopic (exact) mass is 355 g/mol. The molecule has 0 unspecified atom stereocenters. The van der Waals surface area contributed by atoms with E-state index >= 15 is 0 Å². The van der Waals surface area contributed by atoms with Crippen molar-refractivity contribution in [3.63, 3.8) is 0 Å². The Hall–Kier alpha value is -1.51. The number of anilines is 1. The Morgan fingerprint density at radius 2 is 2.20 bits per heavy atom. The lowest BCUT2D eigenvalue weighted by atomic mass is 10.1. The molecule has 2 heterocycles. The second-order valence-corrected chi connectivity index (χ2v) is 6.42. The largest absolute Gasteiger partial charge is 0.341 e. The molecule has 2 aromatic heterocycles. The van der Waals surface area contributed by atoms with Crippen molar-refractivity contribution in [2.45, 2.75) is 19.4 Å². The third kappa shape index (κ3) is 3.14. The van der Waals surface area contributed by atoms with E-state index in [4.69, 9.17) is 5.84 Å². The Balaban J connectivity index is 2.26. The molecule has 6 nitrogen and oxygen atoms in total. The molecule has 0 aliphatic rings. The number of pyridine rings is 1. The number of rotatable bonds is 4. The van der Waals surface area contributed by atoms with Gasteiger partial charge in [-0.3, -0.25) is 4.79 Å². The fourth-order valence-electron chi connectivity index (χ4n) is 1.66. The Morgan fingerprint density at radius 3 is 2.80 bits per heavy atom. The number of hydrogen-bond acceptors (Lipinski definition) is 6. The van der Waals surface area contributed by atoms with Gasteiger partial charge in [0, 0.05) is 22.2 Å². The molecule has 0 bridgehead atoms. The van der Waals surface area contributed by atoms with Crippen LogP contribution in [0.1, 0.15) is 29.2 Å². The minimum Gasteiger partial charge on any atom is -0.341 e. The number of hydrogen-bond donors (Lipinski definition) is 3. The summed E-state index contributed by atoms with van der Waals surface area (Å²) in [4.78, 5) is 20.7. The Bertz CT molecular complexity index is 614. The fourth-order valence-corrected chi connectivity index (χ4v) is 2.71. The van der Waals surface area contributed by atoms with Crippen LogP contribution in [-0.2, 0) is 5.54 Å². The van der Waals surface area contributed by atoms with Crippen LogP contribution in [0.15, 0.2) is 28.3 Å². The van der Waals surface area contributed by atoms with Crippen molar-refractivity contribution in [1.29, 1.82) is 0 Å². The van der Waals surface area contributed by atoms with Gasteiger partial charge in [0.05, 0.1) is 11.1 Å².